The molecule has 4 nitrogen and oxygen atoms in total. The number of rotatable bonds is 4. The van der Waals surface area contributed by atoms with Crippen molar-refractivity contribution in [3.05, 3.63) is 42.1 Å². The number of benzene rings is 1. The summed E-state index contributed by atoms with van der Waals surface area (Å²) in [6, 6.07) is 11.2. The normalized spacial score (nSPS) is 9.94. The second kappa shape index (κ2) is 5.78. The highest BCUT2D eigenvalue weighted by Gasteiger charge is 2.05. The number of fused-ring (bicyclic) bond motifs is 1. The van der Waals surface area contributed by atoms with Crippen LogP contribution < -0.4 is 5.32 Å². The van der Waals surface area contributed by atoms with Crippen molar-refractivity contribution in [3.63, 3.8) is 0 Å². The topological polar surface area (TPSA) is 65.8 Å². The van der Waals surface area contributed by atoms with Crippen LogP contribution in [-0.4, -0.2) is 17.4 Å². The molecule has 1 heterocycles. The van der Waals surface area contributed by atoms with E-state index in [0.717, 1.165) is 10.9 Å². The molecule has 90 valence electrons. The molecule has 0 bridgehead atoms. The molecule has 2 aromatic rings. The molecule has 0 saturated carbocycles. The minimum Gasteiger partial charge on any atom is -0.352 e. The zero-order chi connectivity index (χ0) is 12.8. The summed E-state index contributed by atoms with van der Waals surface area (Å²) in [4.78, 5) is 16.0. The maximum atomic E-state index is 11.8. The van der Waals surface area contributed by atoms with E-state index in [9.17, 15) is 4.79 Å². The average Bonchev–Trinajstić information content (AvgIpc) is 2.43. The lowest BCUT2D eigenvalue weighted by molar-refractivity contribution is 0.0953. The fourth-order valence-corrected chi connectivity index (χ4v) is 1.69. The monoisotopic (exact) mass is 239 g/mol. The number of unbranched alkanes of at least 4 members (excludes halogenated alkanes) is 1. The van der Waals surface area contributed by atoms with Crippen molar-refractivity contribution in [2.75, 3.05) is 6.54 Å². The molecule has 18 heavy (non-hydrogen) atoms. The fourth-order valence-electron chi connectivity index (χ4n) is 1.69. The molecular weight excluding hydrogens is 226 g/mol. The van der Waals surface area contributed by atoms with E-state index in [1.807, 2.05) is 30.3 Å². The Morgan fingerprint density at radius 1 is 1.39 bits per heavy atom. The largest absolute Gasteiger partial charge is 0.352 e. The third-order valence-electron chi connectivity index (χ3n) is 2.62. The number of aromatic nitrogens is 1. The quantitative estimate of drug-likeness (QED) is 0.832. The summed E-state index contributed by atoms with van der Waals surface area (Å²) < 4.78 is 0. The number of amides is 1. The summed E-state index contributed by atoms with van der Waals surface area (Å²) in [5.74, 6) is -0.112. The summed E-state index contributed by atoms with van der Waals surface area (Å²) >= 11 is 0. The number of carbonyl (C=O) groups is 1. The Balaban J connectivity index is 2.06. The Hall–Kier alpha value is -2.41. The van der Waals surface area contributed by atoms with Crippen LogP contribution in [-0.2, 0) is 0 Å². The van der Waals surface area contributed by atoms with Gasteiger partial charge in [0.25, 0.3) is 5.91 Å². The van der Waals surface area contributed by atoms with Gasteiger partial charge in [-0.2, -0.15) is 5.26 Å². The Bertz CT molecular complexity index is 601. The molecule has 1 amide bonds. The number of hydrogen-bond acceptors (Lipinski definition) is 3. The van der Waals surface area contributed by atoms with Gasteiger partial charge in [-0.25, -0.2) is 0 Å². The Kier molecular flexibility index (Phi) is 3.87. The van der Waals surface area contributed by atoms with E-state index in [0.29, 0.717) is 24.9 Å². The molecule has 0 radical (unpaired) electrons. The molecule has 1 aromatic heterocycles. The molecular formula is C14H13N3O. The standard InChI is InChI=1S/C14H13N3O/c15-7-1-2-8-17-14(18)12-5-6-13-11(10-12)4-3-9-16-13/h3-6,9-10H,1-2,8H2,(H,17,18). The lowest BCUT2D eigenvalue weighted by Gasteiger charge is -2.04. The van der Waals surface area contributed by atoms with Crippen LogP contribution >= 0.6 is 0 Å². The van der Waals surface area contributed by atoms with Gasteiger partial charge in [0.15, 0.2) is 0 Å². The smallest absolute Gasteiger partial charge is 0.251 e. The van der Waals surface area contributed by atoms with Crippen molar-refractivity contribution in [1.82, 2.24) is 10.3 Å². The van der Waals surface area contributed by atoms with Crippen molar-refractivity contribution in [2.24, 2.45) is 0 Å². The summed E-state index contributed by atoms with van der Waals surface area (Å²) in [6.07, 6.45) is 2.86. The van der Waals surface area contributed by atoms with Crippen molar-refractivity contribution >= 4 is 16.8 Å². The lowest BCUT2D eigenvalue weighted by Crippen LogP contribution is -2.24. The Morgan fingerprint density at radius 2 is 2.28 bits per heavy atom. The van der Waals surface area contributed by atoms with Crippen molar-refractivity contribution < 1.29 is 4.79 Å². The number of nitrogens with one attached hydrogen (secondary N) is 1. The fraction of sp³-hybridized carbons (Fsp3) is 0.214. The van der Waals surface area contributed by atoms with Gasteiger partial charge in [-0.05, 0) is 30.7 Å². The van der Waals surface area contributed by atoms with Crippen LogP contribution in [0.1, 0.15) is 23.2 Å². The van der Waals surface area contributed by atoms with Gasteiger partial charge in [-0.3, -0.25) is 9.78 Å². The average molecular weight is 239 g/mol. The van der Waals surface area contributed by atoms with Gasteiger partial charge in [0.2, 0.25) is 0 Å². The second-order valence-corrected chi connectivity index (χ2v) is 3.93. The molecule has 0 aliphatic rings. The molecule has 0 aliphatic heterocycles. The first kappa shape index (κ1) is 12.1. The van der Waals surface area contributed by atoms with Crippen LogP contribution in [0, 0.1) is 11.3 Å². The molecule has 0 saturated heterocycles. The maximum Gasteiger partial charge on any atom is 0.251 e. The summed E-state index contributed by atoms with van der Waals surface area (Å²) in [7, 11) is 0. The number of nitrogens with zero attached hydrogens (tertiary/aromatic N) is 2. The molecule has 0 atom stereocenters. The molecule has 0 spiro atoms. The third-order valence-corrected chi connectivity index (χ3v) is 2.62. The summed E-state index contributed by atoms with van der Waals surface area (Å²) in [5.41, 5.74) is 1.49. The van der Waals surface area contributed by atoms with E-state index < -0.39 is 0 Å². The molecule has 0 unspecified atom stereocenters. The highest BCUT2D eigenvalue weighted by atomic mass is 16.1. The Morgan fingerprint density at radius 3 is 3.11 bits per heavy atom. The number of pyridine rings is 1. The van der Waals surface area contributed by atoms with Gasteiger partial charge in [0.05, 0.1) is 11.6 Å². The predicted molar refractivity (Wildman–Crippen MR) is 68.9 cm³/mol. The molecule has 2 rings (SSSR count). The molecule has 0 fully saturated rings. The van der Waals surface area contributed by atoms with Gasteiger partial charge < -0.3 is 5.32 Å². The minimum absolute atomic E-state index is 0.112. The molecule has 4 heteroatoms. The molecule has 0 aliphatic carbocycles. The second-order valence-electron chi connectivity index (χ2n) is 3.93. The predicted octanol–water partition coefficient (Wildman–Crippen LogP) is 2.27. The first-order valence-electron chi connectivity index (χ1n) is 5.81. The van der Waals surface area contributed by atoms with Crippen LogP contribution in [0.2, 0.25) is 0 Å². The van der Waals surface area contributed by atoms with E-state index in [-0.39, 0.29) is 5.91 Å². The first-order chi connectivity index (χ1) is 8.81. The van der Waals surface area contributed by atoms with E-state index in [4.69, 9.17) is 5.26 Å². The van der Waals surface area contributed by atoms with Crippen LogP contribution in [0.15, 0.2) is 36.5 Å². The van der Waals surface area contributed by atoms with Crippen molar-refractivity contribution in [1.29, 1.82) is 5.26 Å². The Labute approximate surface area is 105 Å². The highest BCUT2D eigenvalue weighted by molar-refractivity contribution is 5.97. The summed E-state index contributed by atoms with van der Waals surface area (Å²) in [5, 5.41) is 12.1. The van der Waals surface area contributed by atoms with Crippen LogP contribution in [0.4, 0.5) is 0 Å². The van der Waals surface area contributed by atoms with Crippen molar-refractivity contribution in [2.45, 2.75) is 12.8 Å². The summed E-state index contributed by atoms with van der Waals surface area (Å²) in [6.45, 7) is 0.525. The third kappa shape index (κ3) is 2.83. The number of nitriles is 1. The molecule has 1 aromatic carbocycles. The maximum absolute atomic E-state index is 11.8. The highest BCUT2D eigenvalue weighted by Crippen LogP contribution is 2.13. The minimum atomic E-state index is -0.112. The first-order valence-corrected chi connectivity index (χ1v) is 5.81. The van der Waals surface area contributed by atoms with Gasteiger partial charge in [-0.15, -0.1) is 0 Å². The van der Waals surface area contributed by atoms with Gasteiger partial charge in [0, 0.05) is 30.1 Å². The SMILES string of the molecule is N#CCCCNC(=O)c1ccc2ncccc2c1. The molecule has 1 N–H and O–H groups in total. The van der Waals surface area contributed by atoms with Gasteiger partial charge in [0.1, 0.15) is 0 Å². The lowest BCUT2D eigenvalue weighted by atomic mass is 10.1. The van der Waals surface area contributed by atoms with E-state index in [1.54, 1.807) is 12.3 Å². The van der Waals surface area contributed by atoms with E-state index in [1.165, 1.54) is 0 Å². The van der Waals surface area contributed by atoms with E-state index >= 15 is 0 Å². The van der Waals surface area contributed by atoms with E-state index in [2.05, 4.69) is 10.3 Å². The van der Waals surface area contributed by atoms with Crippen LogP contribution in [0.5, 0.6) is 0 Å². The number of hydrogen-bond donors (Lipinski definition) is 1. The number of carbonyl (C=O) groups excluding carboxylic acids is 1. The van der Waals surface area contributed by atoms with Gasteiger partial charge in [-0.1, -0.05) is 6.07 Å². The zero-order valence-corrected chi connectivity index (χ0v) is 9.89. The van der Waals surface area contributed by atoms with Gasteiger partial charge >= 0.3 is 0 Å². The zero-order valence-electron chi connectivity index (χ0n) is 9.89. The van der Waals surface area contributed by atoms with Crippen LogP contribution in [0.3, 0.4) is 0 Å². The van der Waals surface area contributed by atoms with Crippen molar-refractivity contribution in [3.8, 4) is 6.07 Å². The van der Waals surface area contributed by atoms with Crippen LogP contribution in [0.25, 0.3) is 10.9 Å².